The first kappa shape index (κ1) is 12.6. The second-order valence-corrected chi connectivity index (χ2v) is 5.66. The van der Waals surface area contributed by atoms with E-state index >= 15 is 0 Å². The molecule has 1 atom stereocenters. The van der Waals surface area contributed by atoms with E-state index in [-0.39, 0.29) is 5.91 Å². The van der Waals surface area contributed by atoms with E-state index in [1.807, 2.05) is 29.2 Å². The molecule has 0 aliphatic carbocycles. The van der Waals surface area contributed by atoms with E-state index < -0.39 is 0 Å². The maximum Gasteiger partial charge on any atom is 0.254 e. The predicted octanol–water partition coefficient (Wildman–Crippen LogP) is 3.71. The van der Waals surface area contributed by atoms with Crippen LogP contribution in [-0.4, -0.2) is 23.9 Å². The first-order valence-electron chi connectivity index (χ1n) is 6.22. The fourth-order valence-electron chi connectivity index (χ4n) is 2.27. The van der Waals surface area contributed by atoms with Gasteiger partial charge in [0.15, 0.2) is 0 Å². The molecule has 2 rings (SSSR count). The molecule has 1 aromatic rings. The van der Waals surface area contributed by atoms with Gasteiger partial charge in [-0.1, -0.05) is 19.1 Å². The van der Waals surface area contributed by atoms with Crippen LogP contribution in [0.4, 0.5) is 0 Å². The van der Waals surface area contributed by atoms with Gasteiger partial charge in [0.1, 0.15) is 0 Å². The summed E-state index contributed by atoms with van der Waals surface area (Å²) in [5.41, 5.74) is 0.780. The molecule has 1 unspecified atom stereocenters. The number of nitrogens with zero attached hydrogens (tertiary/aromatic N) is 1. The van der Waals surface area contributed by atoms with E-state index in [1.54, 1.807) is 0 Å². The highest BCUT2D eigenvalue weighted by atomic mass is 79.9. The quantitative estimate of drug-likeness (QED) is 0.773. The third-order valence-corrected chi connectivity index (χ3v) is 4.10. The maximum atomic E-state index is 12.4. The van der Waals surface area contributed by atoms with Crippen LogP contribution in [0.5, 0.6) is 0 Å². The predicted molar refractivity (Wildman–Crippen MR) is 73.1 cm³/mol. The fraction of sp³-hybridized carbons (Fsp3) is 0.500. The largest absolute Gasteiger partial charge is 0.339 e. The SMILES string of the molecule is CC1CCCN(C(=O)c2ccccc2Br)CC1. The molecule has 3 heteroatoms. The molecular formula is C14H18BrNO. The summed E-state index contributed by atoms with van der Waals surface area (Å²) in [7, 11) is 0. The number of likely N-dealkylation sites (tertiary alicyclic amines) is 1. The monoisotopic (exact) mass is 295 g/mol. The molecule has 1 saturated heterocycles. The normalized spacial score (nSPS) is 21.1. The standard InChI is InChI=1S/C14H18BrNO/c1-11-5-4-9-16(10-8-11)14(17)12-6-2-3-7-13(12)15/h2-3,6-7,11H,4-5,8-10H2,1H3. The van der Waals surface area contributed by atoms with Gasteiger partial charge < -0.3 is 4.90 Å². The summed E-state index contributed by atoms with van der Waals surface area (Å²) in [6.07, 6.45) is 3.48. The molecule has 17 heavy (non-hydrogen) atoms. The van der Waals surface area contributed by atoms with Crippen LogP contribution < -0.4 is 0 Å². The minimum atomic E-state index is 0.159. The molecule has 2 nitrogen and oxygen atoms in total. The second-order valence-electron chi connectivity index (χ2n) is 4.81. The van der Waals surface area contributed by atoms with Gasteiger partial charge in [0.05, 0.1) is 5.56 Å². The van der Waals surface area contributed by atoms with Crippen molar-refractivity contribution in [3.8, 4) is 0 Å². The average molecular weight is 296 g/mol. The molecule has 1 amide bonds. The smallest absolute Gasteiger partial charge is 0.254 e. The van der Waals surface area contributed by atoms with Crippen LogP contribution in [0, 0.1) is 5.92 Å². The number of hydrogen-bond acceptors (Lipinski definition) is 1. The van der Waals surface area contributed by atoms with Gasteiger partial charge in [-0.2, -0.15) is 0 Å². The van der Waals surface area contributed by atoms with E-state index in [1.165, 1.54) is 6.42 Å². The fourth-order valence-corrected chi connectivity index (χ4v) is 2.73. The van der Waals surface area contributed by atoms with Crippen molar-refractivity contribution in [3.05, 3.63) is 34.3 Å². The van der Waals surface area contributed by atoms with Gasteiger partial charge >= 0.3 is 0 Å². The van der Waals surface area contributed by atoms with Crippen LogP contribution in [0.2, 0.25) is 0 Å². The van der Waals surface area contributed by atoms with Crippen LogP contribution in [0.1, 0.15) is 36.5 Å². The van der Waals surface area contributed by atoms with E-state index in [9.17, 15) is 4.79 Å². The molecule has 1 heterocycles. The van der Waals surface area contributed by atoms with E-state index in [2.05, 4.69) is 22.9 Å². The molecule has 0 aromatic heterocycles. The number of carbonyl (C=O) groups is 1. The zero-order valence-electron chi connectivity index (χ0n) is 10.2. The Morgan fingerprint density at radius 2 is 2.06 bits per heavy atom. The Morgan fingerprint density at radius 1 is 1.29 bits per heavy atom. The Hall–Kier alpha value is -0.830. The number of carbonyl (C=O) groups excluding carboxylic acids is 1. The molecule has 92 valence electrons. The highest BCUT2D eigenvalue weighted by Crippen LogP contribution is 2.21. The molecule has 0 spiro atoms. The molecule has 0 radical (unpaired) electrons. The summed E-state index contributed by atoms with van der Waals surface area (Å²) in [5, 5.41) is 0. The van der Waals surface area contributed by atoms with Crippen molar-refractivity contribution in [3.63, 3.8) is 0 Å². The Kier molecular flexibility index (Phi) is 4.21. The first-order valence-corrected chi connectivity index (χ1v) is 7.01. The summed E-state index contributed by atoms with van der Waals surface area (Å²) in [6, 6.07) is 7.66. The molecule has 0 saturated carbocycles. The van der Waals surface area contributed by atoms with Gasteiger partial charge in [-0.15, -0.1) is 0 Å². The Labute approximate surface area is 111 Å². The van der Waals surface area contributed by atoms with Gasteiger partial charge in [0, 0.05) is 17.6 Å². The first-order chi connectivity index (χ1) is 8.18. The third-order valence-electron chi connectivity index (χ3n) is 3.41. The third kappa shape index (κ3) is 3.09. The van der Waals surface area contributed by atoms with Gasteiger partial charge in [-0.25, -0.2) is 0 Å². The maximum absolute atomic E-state index is 12.4. The van der Waals surface area contributed by atoms with E-state index in [0.29, 0.717) is 0 Å². The number of amides is 1. The van der Waals surface area contributed by atoms with Crippen molar-refractivity contribution in [1.29, 1.82) is 0 Å². The lowest BCUT2D eigenvalue weighted by molar-refractivity contribution is 0.0759. The Balaban J connectivity index is 2.12. The average Bonchev–Trinajstić information content (AvgIpc) is 2.54. The summed E-state index contributed by atoms with van der Waals surface area (Å²) >= 11 is 3.45. The lowest BCUT2D eigenvalue weighted by Crippen LogP contribution is -2.32. The van der Waals surface area contributed by atoms with E-state index in [0.717, 1.165) is 41.9 Å². The molecule has 1 aliphatic rings. The van der Waals surface area contributed by atoms with E-state index in [4.69, 9.17) is 0 Å². The van der Waals surface area contributed by atoms with Crippen LogP contribution in [0.3, 0.4) is 0 Å². The molecule has 0 N–H and O–H groups in total. The minimum absolute atomic E-state index is 0.159. The zero-order valence-corrected chi connectivity index (χ0v) is 11.7. The minimum Gasteiger partial charge on any atom is -0.339 e. The number of rotatable bonds is 1. The van der Waals surface area contributed by atoms with Crippen molar-refractivity contribution in [2.24, 2.45) is 5.92 Å². The van der Waals surface area contributed by atoms with Crippen LogP contribution >= 0.6 is 15.9 Å². The summed E-state index contributed by atoms with van der Waals surface area (Å²) in [4.78, 5) is 14.4. The van der Waals surface area contributed by atoms with Crippen molar-refractivity contribution >= 4 is 21.8 Å². The zero-order chi connectivity index (χ0) is 12.3. The second kappa shape index (κ2) is 5.67. The molecule has 0 bridgehead atoms. The van der Waals surface area contributed by atoms with Crippen LogP contribution in [0.25, 0.3) is 0 Å². The lowest BCUT2D eigenvalue weighted by Gasteiger charge is -2.21. The highest BCUT2D eigenvalue weighted by Gasteiger charge is 2.20. The summed E-state index contributed by atoms with van der Waals surface area (Å²) in [5.74, 6) is 0.901. The van der Waals surface area contributed by atoms with Gasteiger partial charge in [-0.05, 0) is 53.2 Å². The highest BCUT2D eigenvalue weighted by molar-refractivity contribution is 9.10. The van der Waals surface area contributed by atoms with Gasteiger partial charge in [-0.3, -0.25) is 4.79 Å². The molecule has 1 fully saturated rings. The lowest BCUT2D eigenvalue weighted by atomic mass is 10.0. The van der Waals surface area contributed by atoms with Crippen molar-refractivity contribution < 1.29 is 4.79 Å². The topological polar surface area (TPSA) is 20.3 Å². The van der Waals surface area contributed by atoms with Crippen LogP contribution in [0.15, 0.2) is 28.7 Å². The van der Waals surface area contributed by atoms with Crippen LogP contribution in [-0.2, 0) is 0 Å². The number of benzene rings is 1. The number of hydrogen-bond donors (Lipinski definition) is 0. The van der Waals surface area contributed by atoms with Crippen molar-refractivity contribution in [1.82, 2.24) is 4.90 Å². The Morgan fingerprint density at radius 3 is 2.82 bits per heavy atom. The van der Waals surface area contributed by atoms with Gasteiger partial charge in [0.2, 0.25) is 0 Å². The number of halogens is 1. The van der Waals surface area contributed by atoms with Crippen molar-refractivity contribution in [2.45, 2.75) is 26.2 Å². The molecule has 1 aliphatic heterocycles. The van der Waals surface area contributed by atoms with Crippen molar-refractivity contribution in [2.75, 3.05) is 13.1 Å². The molecule has 1 aromatic carbocycles. The summed E-state index contributed by atoms with van der Waals surface area (Å²) in [6.45, 7) is 4.05. The Bertz CT molecular complexity index is 405. The summed E-state index contributed by atoms with van der Waals surface area (Å²) < 4.78 is 0.891. The van der Waals surface area contributed by atoms with Gasteiger partial charge in [0.25, 0.3) is 5.91 Å². The molecular weight excluding hydrogens is 278 g/mol.